The zero-order valence-corrected chi connectivity index (χ0v) is 13.7. The van der Waals surface area contributed by atoms with Gasteiger partial charge in [-0.3, -0.25) is 9.59 Å². The Kier molecular flexibility index (Phi) is 3.92. The minimum absolute atomic E-state index is 0.0814. The predicted molar refractivity (Wildman–Crippen MR) is 85.5 cm³/mol. The lowest BCUT2D eigenvalue weighted by Crippen LogP contribution is -2.41. The summed E-state index contributed by atoms with van der Waals surface area (Å²) in [5.41, 5.74) is 0. The summed E-state index contributed by atoms with van der Waals surface area (Å²) >= 11 is 0. The molecule has 0 spiro atoms. The van der Waals surface area contributed by atoms with E-state index in [-0.39, 0.29) is 36.0 Å². The van der Waals surface area contributed by atoms with Crippen LogP contribution in [0.5, 0.6) is 0 Å². The Labute approximate surface area is 137 Å². The van der Waals surface area contributed by atoms with Crippen molar-refractivity contribution < 1.29 is 14.3 Å². The molecule has 3 aliphatic heterocycles. The lowest BCUT2D eigenvalue weighted by Gasteiger charge is -2.22. The van der Waals surface area contributed by atoms with E-state index in [9.17, 15) is 9.59 Å². The Balaban J connectivity index is 1.26. The number of nitrogens with zero attached hydrogens (tertiary/aromatic N) is 1. The van der Waals surface area contributed by atoms with Gasteiger partial charge in [-0.1, -0.05) is 25.0 Å². The van der Waals surface area contributed by atoms with Crippen molar-refractivity contribution in [3.05, 3.63) is 12.2 Å². The van der Waals surface area contributed by atoms with Crippen LogP contribution in [-0.4, -0.2) is 48.1 Å². The lowest BCUT2D eigenvalue weighted by molar-refractivity contribution is -0.131. The van der Waals surface area contributed by atoms with Gasteiger partial charge in [0.2, 0.25) is 11.8 Å². The maximum Gasteiger partial charge on any atom is 0.224 e. The fourth-order valence-corrected chi connectivity index (χ4v) is 4.72. The number of carbonyl (C=O) groups excluding carboxylic acids is 2. The second kappa shape index (κ2) is 5.93. The van der Waals surface area contributed by atoms with Crippen LogP contribution < -0.4 is 5.32 Å². The van der Waals surface area contributed by atoms with Crippen LogP contribution in [0.3, 0.4) is 0 Å². The molecular formula is C18H26N2O3. The summed E-state index contributed by atoms with van der Waals surface area (Å²) < 4.78 is 5.85. The highest BCUT2D eigenvalue weighted by Gasteiger charge is 2.51. The topological polar surface area (TPSA) is 58.6 Å². The van der Waals surface area contributed by atoms with Crippen molar-refractivity contribution in [3.8, 4) is 0 Å². The van der Waals surface area contributed by atoms with Crippen LogP contribution in [-0.2, 0) is 14.3 Å². The summed E-state index contributed by atoms with van der Waals surface area (Å²) in [5.74, 6) is 1.40. The van der Waals surface area contributed by atoms with E-state index in [1.807, 2.05) is 11.8 Å². The molecule has 0 aromatic heterocycles. The summed E-state index contributed by atoms with van der Waals surface area (Å²) in [6.07, 6.45) is 9.41. The Bertz CT molecular complexity index is 506. The molecule has 0 aromatic rings. The van der Waals surface area contributed by atoms with E-state index in [0.717, 1.165) is 38.8 Å². The second-order valence-corrected chi connectivity index (χ2v) is 7.67. The van der Waals surface area contributed by atoms with Crippen molar-refractivity contribution in [1.82, 2.24) is 10.2 Å². The molecule has 5 heteroatoms. The second-order valence-electron chi connectivity index (χ2n) is 7.67. The van der Waals surface area contributed by atoms with Crippen LogP contribution in [0.15, 0.2) is 12.2 Å². The first-order valence-corrected chi connectivity index (χ1v) is 9.04. The van der Waals surface area contributed by atoms with Crippen LogP contribution in [0, 0.1) is 17.8 Å². The number of nitrogens with one attached hydrogen (secondary N) is 1. The van der Waals surface area contributed by atoms with Crippen molar-refractivity contribution in [3.63, 3.8) is 0 Å². The van der Waals surface area contributed by atoms with Crippen LogP contribution in [0.25, 0.3) is 0 Å². The summed E-state index contributed by atoms with van der Waals surface area (Å²) in [6, 6.07) is -0.0814. The van der Waals surface area contributed by atoms with Crippen LogP contribution in [0.1, 0.15) is 39.0 Å². The molecule has 126 valence electrons. The molecule has 1 N–H and O–H groups in total. The van der Waals surface area contributed by atoms with Gasteiger partial charge in [0.15, 0.2) is 0 Å². The number of amides is 2. The number of likely N-dealkylation sites (tertiary alicyclic amines) is 1. The molecule has 0 aromatic carbocycles. The van der Waals surface area contributed by atoms with Gasteiger partial charge in [0.25, 0.3) is 0 Å². The Hall–Kier alpha value is -1.36. The minimum atomic E-state index is -0.0814. The molecule has 4 aliphatic rings. The molecule has 1 saturated carbocycles. The largest absolute Gasteiger partial charge is 0.366 e. The van der Waals surface area contributed by atoms with Gasteiger partial charge in [-0.25, -0.2) is 0 Å². The van der Waals surface area contributed by atoms with Crippen molar-refractivity contribution in [2.75, 3.05) is 13.1 Å². The van der Waals surface area contributed by atoms with E-state index in [0.29, 0.717) is 18.3 Å². The molecule has 2 saturated heterocycles. The van der Waals surface area contributed by atoms with E-state index in [1.165, 1.54) is 0 Å². The average molecular weight is 318 g/mol. The minimum Gasteiger partial charge on any atom is -0.366 e. The molecule has 1 aliphatic carbocycles. The smallest absolute Gasteiger partial charge is 0.224 e. The van der Waals surface area contributed by atoms with Gasteiger partial charge in [-0.05, 0) is 19.8 Å². The molecule has 5 nitrogen and oxygen atoms in total. The number of hydrogen-bond donors (Lipinski definition) is 1. The van der Waals surface area contributed by atoms with E-state index in [4.69, 9.17) is 4.74 Å². The van der Waals surface area contributed by atoms with Crippen molar-refractivity contribution in [2.24, 2.45) is 17.8 Å². The Morgan fingerprint density at radius 3 is 2.39 bits per heavy atom. The maximum absolute atomic E-state index is 12.5. The third kappa shape index (κ3) is 2.80. The van der Waals surface area contributed by atoms with E-state index in [2.05, 4.69) is 17.5 Å². The number of ether oxygens (including phenoxy) is 1. The lowest BCUT2D eigenvalue weighted by atomic mass is 9.86. The standard InChI is InChI=1S/C18H26N2O3/c1-11(19-18(22)12-4-2-3-5-12)8-17(21)20-9-13-14(10-20)16-7-6-15(13)23-16/h6-7,11-16H,2-5,8-10H2,1H3,(H,19,22). The maximum atomic E-state index is 12.5. The fraction of sp³-hybridized carbons (Fsp3) is 0.778. The highest BCUT2D eigenvalue weighted by atomic mass is 16.5. The number of hydrogen-bond acceptors (Lipinski definition) is 3. The Morgan fingerprint density at radius 1 is 1.17 bits per heavy atom. The van der Waals surface area contributed by atoms with Gasteiger partial charge in [0.05, 0.1) is 12.2 Å². The first-order chi connectivity index (χ1) is 11.1. The first kappa shape index (κ1) is 15.2. The normalized spacial score (nSPS) is 36.5. The van der Waals surface area contributed by atoms with Gasteiger partial charge in [-0.2, -0.15) is 0 Å². The van der Waals surface area contributed by atoms with Crippen LogP contribution in [0.2, 0.25) is 0 Å². The average Bonchev–Trinajstić information content (AvgIpc) is 3.27. The molecule has 2 bridgehead atoms. The van der Waals surface area contributed by atoms with E-state index in [1.54, 1.807) is 0 Å². The number of fused-ring (bicyclic) bond motifs is 5. The fourth-order valence-electron chi connectivity index (χ4n) is 4.72. The zero-order chi connectivity index (χ0) is 16.0. The quantitative estimate of drug-likeness (QED) is 0.799. The number of rotatable bonds is 4. The van der Waals surface area contributed by atoms with Crippen LogP contribution in [0.4, 0.5) is 0 Å². The predicted octanol–water partition coefficient (Wildman–Crippen LogP) is 1.48. The molecule has 2 amide bonds. The Morgan fingerprint density at radius 2 is 1.78 bits per heavy atom. The molecule has 23 heavy (non-hydrogen) atoms. The molecule has 4 rings (SSSR count). The molecular weight excluding hydrogens is 292 g/mol. The number of carbonyl (C=O) groups is 2. The van der Waals surface area contributed by atoms with Gasteiger partial charge in [0.1, 0.15) is 0 Å². The van der Waals surface area contributed by atoms with Gasteiger partial charge < -0.3 is 15.0 Å². The van der Waals surface area contributed by atoms with Gasteiger partial charge in [0, 0.05) is 43.3 Å². The molecule has 5 unspecified atom stereocenters. The van der Waals surface area contributed by atoms with Crippen molar-refractivity contribution >= 4 is 11.8 Å². The highest BCUT2D eigenvalue weighted by Crippen LogP contribution is 2.43. The third-order valence-corrected chi connectivity index (χ3v) is 6.01. The summed E-state index contributed by atoms with van der Waals surface area (Å²) in [5, 5.41) is 3.03. The van der Waals surface area contributed by atoms with Crippen molar-refractivity contribution in [2.45, 2.75) is 57.3 Å². The highest BCUT2D eigenvalue weighted by molar-refractivity contribution is 5.81. The molecule has 3 heterocycles. The molecule has 5 atom stereocenters. The first-order valence-electron chi connectivity index (χ1n) is 9.04. The summed E-state index contributed by atoms with van der Waals surface area (Å²) in [4.78, 5) is 26.7. The van der Waals surface area contributed by atoms with Crippen LogP contribution >= 0.6 is 0 Å². The van der Waals surface area contributed by atoms with Gasteiger partial charge in [-0.15, -0.1) is 0 Å². The monoisotopic (exact) mass is 318 g/mol. The SMILES string of the molecule is CC(CC(=O)N1CC2C3C=CC(O3)C2C1)NC(=O)C1CCCC1. The van der Waals surface area contributed by atoms with Gasteiger partial charge >= 0.3 is 0 Å². The van der Waals surface area contributed by atoms with E-state index < -0.39 is 0 Å². The molecule has 0 radical (unpaired) electrons. The zero-order valence-electron chi connectivity index (χ0n) is 13.7. The third-order valence-electron chi connectivity index (χ3n) is 6.01. The molecule has 3 fully saturated rings. The summed E-state index contributed by atoms with van der Waals surface area (Å²) in [7, 11) is 0. The van der Waals surface area contributed by atoms with E-state index >= 15 is 0 Å². The summed E-state index contributed by atoms with van der Waals surface area (Å²) in [6.45, 7) is 3.55. The van der Waals surface area contributed by atoms with Crippen molar-refractivity contribution in [1.29, 1.82) is 0 Å².